The van der Waals surface area contributed by atoms with Crippen molar-refractivity contribution >= 4 is 22.1 Å². The molecule has 0 aliphatic rings. The fourth-order valence-corrected chi connectivity index (χ4v) is 2.34. The Morgan fingerprint density at radius 3 is 2.35 bits per heavy atom. The molecule has 1 aromatic heterocycles. The molecule has 20 heavy (non-hydrogen) atoms. The monoisotopic (exact) mass is 265 g/mol. The first-order chi connectivity index (χ1) is 9.74. The SMILES string of the molecule is CC(C)CNCc1cccc2nc3ccccc3nc12. The fraction of sp³-hybridized carbons (Fsp3) is 0.294. The molecule has 3 rings (SSSR count). The Morgan fingerprint density at radius 2 is 1.60 bits per heavy atom. The van der Waals surface area contributed by atoms with E-state index in [4.69, 9.17) is 9.97 Å². The van der Waals surface area contributed by atoms with E-state index in [1.807, 2.05) is 30.3 Å². The Kier molecular flexibility index (Phi) is 3.61. The maximum Gasteiger partial charge on any atom is 0.0939 e. The molecular formula is C17H19N3. The van der Waals surface area contributed by atoms with Crippen LogP contribution in [0.15, 0.2) is 42.5 Å². The summed E-state index contributed by atoms with van der Waals surface area (Å²) in [6, 6.07) is 14.2. The molecule has 0 atom stereocenters. The third-order valence-electron chi connectivity index (χ3n) is 3.32. The smallest absolute Gasteiger partial charge is 0.0939 e. The highest BCUT2D eigenvalue weighted by atomic mass is 14.9. The van der Waals surface area contributed by atoms with Crippen molar-refractivity contribution in [2.24, 2.45) is 5.92 Å². The van der Waals surface area contributed by atoms with Crippen molar-refractivity contribution in [1.29, 1.82) is 0 Å². The van der Waals surface area contributed by atoms with Gasteiger partial charge in [-0.25, -0.2) is 9.97 Å². The summed E-state index contributed by atoms with van der Waals surface area (Å²) in [5.41, 5.74) is 5.08. The minimum atomic E-state index is 0.650. The van der Waals surface area contributed by atoms with Crippen molar-refractivity contribution in [3.05, 3.63) is 48.0 Å². The van der Waals surface area contributed by atoms with Crippen LogP contribution < -0.4 is 5.32 Å². The molecule has 102 valence electrons. The van der Waals surface area contributed by atoms with Crippen LogP contribution in [0.2, 0.25) is 0 Å². The number of hydrogen-bond acceptors (Lipinski definition) is 3. The fourth-order valence-electron chi connectivity index (χ4n) is 2.34. The number of hydrogen-bond donors (Lipinski definition) is 1. The molecule has 0 unspecified atom stereocenters. The zero-order valence-corrected chi connectivity index (χ0v) is 11.9. The van der Waals surface area contributed by atoms with Gasteiger partial charge in [0.25, 0.3) is 0 Å². The maximum atomic E-state index is 4.77. The summed E-state index contributed by atoms with van der Waals surface area (Å²) in [4.78, 5) is 9.46. The van der Waals surface area contributed by atoms with E-state index in [1.54, 1.807) is 0 Å². The van der Waals surface area contributed by atoms with E-state index in [9.17, 15) is 0 Å². The Bertz CT molecular complexity index is 734. The van der Waals surface area contributed by atoms with Crippen LogP contribution in [-0.2, 0) is 6.54 Å². The van der Waals surface area contributed by atoms with Crippen LogP contribution in [0.1, 0.15) is 19.4 Å². The van der Waals surface area contributed by atoms with Gasteiger partial charge in [0.05, 0.1) is 22.1 Å². The number of benzene rings is 2. The summed E-state index contributed by atoms with van der Waals surface area (Å²) >= 11 is 0. The topological polar surface area (TPSA) is 37.8 Å². The predicted octanol–water partition coefficient (Wildman–Crippen LogP) is 3.53. The first-order valence-corrected chi connectivity index (χ1v) is 7.09. The molecule has 2 aromatic carbocycles. The highest BCUT2D eigenvalue weighted by molar-refractivity contribution is 5.87. The van der Waals surface area contributed by atoms with Crippen LogP contribution in [0.25, 0.3) is 22.1 Å². The molecule has 0 saturated carbocycles. The second-order valence-corrected chi connectivity index (χ2v) is 5.52. The van der Waals surface area contributed by atoms with Crippen molar-refractivity contribution in [3.63, 3.8) is 0 Å². The van der Waals surface area contributed by atoms with Crippen LogP contribution in [-0.4, -0.2) is 16.5 Å². The lowest BCUT2D eigenvalue weighted by atomic mass is 10.1. The Morgan fingerprint density at radius 1 is 0.900 bits per heavy atom. The van der Waals surface area contributed by atoms with Gasteiger partial charge in [-0.3, -0.25) is 0 Å². The standard InChI is InChI=1S/C17H19N3/c1-12(2)10-18-11-13-6-5-9-16-17(13)20-15-8-4-3-7-14(15)19-16/h3-9,12,18H,10-11H2,1-2H3. The van der Waals surface area contributed by atoms with Crippen LogP contribution in [0.3, 0.4) is 0 Å². The highest BCUT2D eigenvalue weighted by Gasteiger charge is 2.05. The summed E-state index contributed by atoms with van der Waals surface area (Å²) < 4.78 is 0. The van der Waals surface area contributed by atoms with Crippen molar-refractivity contribution in [1.82, 2.24) is 15.3 Å². The first-order valence-electron chi connectivity index (χ1n) is 7.09. The summed E-state index contributed by atoms with van der Waals surface area (Å²) in [6.45, 7) is 6.27. The lowest BCUT2D eigenvalue weighted by Gasteiger charge is -2.09. The summed E-state index contributed by atoms with van der Waals surface area (Å²) in [5, 5.41) is 3.47. The van der Waals surface area contributed by atoms with E-state index in [-0.39, 0.29) is 0 Å². The predicted molar refractivity (Wildman–Crippen MR) is 83.6 cm³/mol. The van der Waals surface area contributed by atoms with Crippen LogP contribution in [0, 0.1) is 5.92 Å². The minimum absolute atomic E-state index is 0.650. The molecule has 0 spiro atoms. The van der Waals surface area contributed by atoms with Crippen molar-refractivity contribution in [3.8, 4) is 0 Å². The minimum Gasteiger partial charge on any atom is -0.312 e. The van der Waals surface area contributed by atoms with Gasteiger partial charge < -0.3 is 5.32 Å². The number of rotatable bonds is 4. The maximum absolute atomic E-state index is 4.77. The van der Waals surface area contributed by atoms with E-state index >= 15 is 0 Å². The second kappa shape index (κ2) is 5.55. The molecule has 1 heterocycles. The van der Waals surface area contributed by atoms with Gasteiger partial charge in [0, 0.05) is 6.54 Å². The molecule has 3 aromatic rings. The van der Waals surface area contributed by atoms with Gasteiger partial charge in [-0.15, -0.1) is 0 Å². The van der Waals surface area contributed by atoms with Gasteiger partial charge in [-0.2, -0.15) is 0 Å². The zero-order chi connectivity index (χ0) is 13.9. The Balaban J connectivity index is 2.01. The Hall–Kier alpha value is -2.00. The molecule has 3 heteroatoms. The molecule has 0 amide bonds. The third kappa shape index (κ3) is 2.63. The van der Waals surface area contributed by atoms with E-state index in [1.165, 1.54) is 5.56 Å². The average molecular weight is 265 g/mol. The third-order valence-corrected chi connectivity index (χ3v) is 3.32. The number of nitrogens with zero attached hydrogens (tertiary/aromatic N) is 2. The second-order valence-electron chi connectivity index (χ2n) is 5.52. The van der Waals surface area contributed by atoms with Crippen LogP contribution in [0.4, 0.5) is 0 Å². The van der Waals surface area contributed by atoms with Gasteiger partial charge in [0.1, 0.15) is 0 Å². The molecule has 0 aliphatic heterocycles. The van der Waals surface area contributed by atoms with Crippen molar-refractivity contribution < 1.29 is 0 Å². The number of fused-ring (bicyclic) bond motifs is 2. The normalized spacial score (nSPS) is 11.6. The molecule has 0 bridgehead atoms. The van der Waals surface area contributed by atoms with Gasteiger partial charge in [-0.05, 0) is 36.2 Å². The lowest BCUT2D eigenvalue weighted by molar-refractivity contribution is 0.553. The van der Waals surface area contributed by atoms with E-state index in [0.717, 1.165) is 35.2 Å². The highest BCUT2D eigenvalue weighted by Crippen LogP contribution is 2.19. The van der Waals surface area contributed by atoms with E-state index in [2.05, 4.69) is 31.3 Å². The molecule has 1 N–H and O–H groups in total. The van der Waals surface area contributed by atoms with E-state index < -0.39 is 0 Å². The summed E-state index contributed by atoms with van der Waals surface area (Å²) in [5.74, 6) is 0.650. The Labute approximate surface area is 119 Å². The number of para-hydroxylation sites is 3. The average Bonchev–Trinajstić information content (AvgIpc) is 2.45. The molecule has 0 saturated heterocycles. The first kappa shape index (κ1) is 13.0. The molecular weight excluding hydrogens is 246 g/mol. The van der Waals surface area contributed by atoms with Crippen molar-refractivity contribution in [2.75, 3.05) is 6.54 Å². The molecule has 0 fully saturated rings. The van der Waals surface area contributed by atoms with Crippen LogP contribution >= 0.6 is 0 Å². The number of nitrogens with one attached hydrogen (secondary N) is 1. The zero-order valence-electron chi connectivity index (χ0n) is 11.9. The largest absolute Gasteiger partial charge is 0.312 e. The van der Waals surface area contributed by atoms with Crippen LogP contribution in [0.5, 0.6) is 0 Å². The summed E-state index contributed by atoms with van der Waals surface area (Å²) in [6.07, 6.45) is 0. The van der Waals surface area contributed by atoms with Gasteiger partial charge >= 0.3 is 0 Å². The van der Waals surface area contributed by atoms with E-state index in [0.29, 0.717) is 5.92 Å². The van der Waals surface area contributed by atoms with Gasteiger partial charge in [-0.1, -0.05) is 38.1 Å². The lowest BCUT2D eigenvalue weighted by Crippen LogP contribution is -2.19. The number of aromatic nitrogens is 2. The van der Waals surface area contributed by atoms with Gasteiger partial charge in [0.15, 0.2) is 0 Å². The molecule has 3 nitrogen and oxygen atoms in total. The molecule has 0 aliphatic carbocycles. The van der Waals surface area contributed by atoms with Gasteiger partial charge in [0.2, 0.25) is 0 Å². The quantitative estimate of drug-likeness (QED) is 0.733. The van der Waals surface area contributed by atoms with Crippen molar-refractivity contribution in [2.45, 2.75) is 20.4 Å². The molecule has 0 radical (unpaired) electrons. The summed E-state index contributed by atoms with van der Waals surface area (Å²) in [7, 11) is 0.